The molecule has 0 saturated heterocycles. The van der Waals surface area contributed by atoms with Gasteiger partial charge in [0.1, 0.15) is 0 Å². The molecule has 136 valence electrons. The second-order valence-electron chi connectivity index (χ2n) is 6.37. The molecule has 0 bridgehead atoms. The molecule has 4 rings (SSSR count). The minimum absolute atomic E-state index is 0.107. The van der Waals surface area contributed by atoms with E-state index in [0.717, 1.165) is 27.9 Å². The number of hydrogen-bond acceptors (Lipinski definition) is 3. The molecule has 2 heterocycles. The molecular formula is C24H19N3O. The first kappa shape index (κ1) is 17.6. The van der Waals surface area contributed by atoms with Crippen molar-refractivity contribution < 1.29 is 4.79 Å². The fourth-order valence-electron chi connectivity index (χ4n) is 3.07. The molecule has 2 aromatic heterocycles. The predicted molar refractivity (Wildman–Crippen MR) is 111 cm³/mol. The van der Waals surface area contributed by atoms with Crippen LogP contribution in [0.1, 0.15) is 15.9 Å². The van der Waals surface area contributed by atoms with Crippen molar-refractivity contribution in [2.75, 3.05) is 0 Å². The molecule has 0 aliphatic rings. The molecule has 4 aromatic rings. The number of rotatable bonds is 5. The van der Waals surface area contributed by atoms with Crippen LogP contribution in [0, 0.1) is 0 Å². The van der Waals surface area contributed by atoms with E-state index in [2.05, 4.69) is 27.4 Å². The quantitative estimate of drug-likeness (QED) is 0.556. The number of nitrogens with one attached hydrogen (secondary N) is 1. The molecular weight excluding hydrogens is 346 g/mol. The van der Waals surface area contributed by atoms with Gasteiger partial charge in [-0.3, -0.25) is 14.8 Å². The summed E-state index contributed by atoms with van der Waals surface area (Å²) in [5, 5.41) is 2.99. The lowest BCUT2D eigenvalue weighted by Gasteiger charge is -2.10. The lowest BCUT2D eigenvalue weighted by molar-refractivity contribution is 0.0951. The molecule has 0 fully saturated rings. The van der Waals surface area contributed by atoms with Gasteiger partial charge in [0.25, 0.3) is 5.91 Å². The summed E-state index contributed by atoms with van der Waals surface area (Å²) >= 11 is 0. The van der Waals surface area contributed by atoms with Crippen LogP contribution in [0.2, 0.25) is 0 Å². The maximum atomic E-state index is 12.6. The van der Waals surface area contributed by atoms with Crippen LogP contribution in [-0.2, 0) is 6.54 Å². The van der Waals surface area contributed by atoms with E-state index in [9.17, 15) is 4.79 Å². The second-order valence-corrected chi connectivity index (χ2v) is 6.37. The van der Waals surface area contributed by atoms with E-state index < -0.39 is 0 Å². The number of nitrogens with zero attached hydrogens (tertiary/aromatic N) is 2. The van der Waals surface area contributed by atoms with E-state index in [-0.39, 0.29) is 5.91 Å². The van der Waals surface area contributed by atoms with Crippen molar-refractivity contribution in [3.63, 3.8) is 0 Å². The van der Waals surface area contributed by atoms with Crippen LogP contribution in [0.3, 0.4) is 0 Å². The minimum Gasteiger partial charge on any atom is -0.348 e. The van der Waals surface area contributed by atoms with E-state index in [1.54, 1.807) is 18.6 Å². The molecule has 1 N–H and O–H groups in total. The van der Waals surface area contributed by atoms with E-state index in [0.29, 0.717) is 12.1 Å². The van der Waals surface area contributed by atoms with Crippen LogP contribution in [0.15, 0.2) is 97.5 Å². The Labute approximate surface area is 163 Å². The van der Waals surface area contributed by atoms with Crippen molar-refractivity contribution in [3.8, 4) is 22.4 Å². The van der Waals surface area contributed by atoms with Crippen LogP contribution in [-0.4, -0.2) is 15.9 Å². The Hall–Kier alpha value is -3.79. The van der Waals surface area contributed by atoms with Crippen molar-refractivity contribution in [1.29, 1.82) is 0 Å². The highest BCUT2D eigenvalue weighted by Crippen LogP contribution is 2.21. The smallest absolute Gasteiger partial charge is 0.251 e. The van der Waals surface area contributed by atoms with E-state index >= 15 is 0 Å². The Balaban J connectivity index is 1.47. The summed E-state index contributed by atoms with van der Waals surface area (Å²) in [4.78, 5) is 21.1. The van der Waals surface area contributed by atoms with Crippen LogP contribution in [0.5, 0.6) is 0 Å². The monoisotopic (exact) mass is 365 g/mol. The number of pyridine rings is 2. The third kappa shape index (κ3) is 3.96. The summed E-state index contributed by atoms with van der Waals surface area (Å²) in [7, 11) is 0. The van der Waals surface area contributed by atoms with Gasteiger partial charge in [0, 0.05) is 36.3 Å². The highest BCUT2D eigenvalue weighted by atomic mass is 16.1. The molecule has 2 aromatic carbocycles. The van der Waals surface area contributed by atoms with Gasteiger partial charge in [-0.1, -0.05) is 48.5 Å². The zero-order valence-corrected chi connectivity index (χ0v) is 15.2. The SMILES string of the molecule is O=C(NCc1cccnc1-c1ccncc1)c1ccc(-c2ccccc2)cc1. The number of carbonyl (C=O) groups excluding carboxylic acids is 1. The lowest BCUT2D eigenvalue weighted by atomic mass is 10.0. The van der Waals surface area contributed by atoms with Gasteiger partial charge < -0.3 is 5.32 Å². The predicted octanol–water partition coefficient (Wildman–Crippen LogP) is 4.74. The molecule has 0 spiro atoms. The maximum absolute atomic E-state index is 12.6. The third-order valence-corrected chi connectivity index (χ3v) is 4.54. The number of benzene rings is 2. The fraction of sp³-hybridized carbons (Fsp3) is 0.0417. The van der Waals surface area contributed by atoms with Gasteiger partial charge in [0.05, 0.1) is 5.69 Å². The summed E-state index contributed by atoms with van der Waals surface area (Å²) in [6.07, 6.45) is 5.23. The summed E-state index contributed by atoms with van der Waals surface area (Å²) in [5.41, 5.74) is 5.64. The Morgan fingerprint density at radius 1 is 0.714 bits per heavy atom. The molecule has 1 amide bonds. The number of carbonyl (C=O) groups is 1. The summed E-state index contributed by atoms with van der Waals surface area (Å²) in [5.74, 6) is -0.107. The molecule has 0 saturated carbocycles. The second kappa shape index (κ2) is 8.27. The molecule has 0 radical (unpaired) electrons. The standard InChI is InChI=1S/C24H19N3O/c28-24(21-10-8-19(9-11-21)18-5-2-1-3-6-18)27-17-22-7-4-14-26-23(22)20-12-15-25-16-13-20/h1-16H,17H2,(H,27,28). The van der Waals surface area contributed by atoms with Gasteiger partial charge >= 0.3 is 0 Å². The van der Waals surface area contributed by atoms with Crippen molar-refractivity contribution in [2.24, 2.45) is 0 Å². The molecule has 0 aliphatic heterocycles. The molecule has 0 aliphatic carbocycles. The minimum atomic E-state index is -0.107. The normalized spacial score (nSPS) is 10.4. The largest absolute Gasteiger partial charge is 0.348 e. The van der Waals surface area contributed by atoms with Gasteiger partial charge in [0.2, 0.25) is 0 Å². The number of amides is 1. The lowest BCUT2D eigenvalue weighted by Crippen LogP contribution is -2.23. The Morgan fingerprint density at radius 2 is 1.43 bits per heavy atom. The van der Waals surface area contributed by atoms with Gasteiger partial charge in [-0.25, -0.2) is 0 Å². The Kier molecular flexibility index (Phi) is 5.20. The first-order valence-electron chi connectivity index (χ1n) is 9.09. The topological polar surface area (TPSA) is 54.9 Å². The molecule has 0 unspecified atom stereocenters. The zero-order valence-electron chi connectivity index (χ0n) is 15.2. The summed E-state index contributed by atoms with van der Waals surface area (Å²) < 4.78 is 0. The van der Waals surface area contributed by atoms with E-state index in [1.165, 1.54) is 0 Å². The van der Waals surface area contributed by atoms with Gasteiger partial charge in [-0.05, 0) is 47.0 Å². The van der Waals surface area contributed by atoms with Crippen LogP contribution in [0.25, 0.3) is 22.4 Å². The Bertz CT molecular complexity index is 1060. The average molecular weight is 365 g/mol. The van der Waals surface area contributed by atoms with Gasteiger partial charge in [-0.2, -0.15) is 0 Å². The van der Waals surface area contributed by atoms with Crippen LogP contribution < -0.4 is 5.32 Å². The Morgan fingerprint density at radius 3 is 2.18 bits per heavy atom. The first-order chi connectivity index (χ1) is 13.8. The van der Waals surface area contributed by atoms with Crippen molar-refractivity contribution in [1.82, 2.24) is 15.3 Å². The van der Waals surface area contributed by atoms with Crippen LogP contribution in [0.4, 0.5) is 0 Å². The van der Waals surface area contributed by atoms with E-state index in [1.807, 2.05) is 66.7 Å². The van der Waals surface area contributed by atoms with Crippen LogP contribution >= 0.6 is 0 Å². The average Bonchev–Trinajstić information content (AvgIpc) is 2.79. The van der Waals surface area contributed by atoms with Gasteiger partial charge in [-0.15, -0.1) is 0 Å². The van der Waals surface area contributed by atoms with Crippen molar-refractivity contribution >= 4 is 5.91 Å². The molecule has 0 atom stereocenters. The van der Waals surface area contributed by atoms with Crippen molar-refractivity contribution in [3.05, 3.63) is 109 Å². The number of aromatic nitrogens is 2. The maximum Gasteiger partial charge on any atom is 0.251 e. The first-order valence-corrected chi connectivity index (χ1v) is 9.09. The number of hydrogen-bond donors (Lipinski definition) is 1. The third-order valence-electron chi connectivity index (χ3n) is 4.54. The highest BCUT2D eigenvalue weighted by Gasteiger charge is 2.09. The van der Waals surface area contributed by atoms with Crippen molar-refractivity contribution in [2.45, 2.75) is 6.54 Å². The molecule has 4 heteroatoms. The molecule has 4 nitrogen and oxygen atoms in total. The molecule has 28 heavy (non-hydrogen) atoms. The van der Waals surface area contributed by atoms with E-state index in [4.69, 9.17) is 0 Å². The van der Waals surface area contributed by atoms with Gasteiger partial charge in [0.15, 0.2) is 0 Å². The zero-order chi connectivity index (χ0) is 19.2. The fourth-order valence-corrected chi connectivity index (χ4v) is 3.07. The summed E-state index contributed by atoms with van der Waals surface area (Å²) in [6, 6.07) is 25.4. The highest BCUT2D eigenvalue weighted by molar-refractivity contribution is 5.94. The summed E-state index contributed by atoms with van der Waals surface area (Å²) in [6.45, 7) is 0.408.